The Kier molecular flexibility index (Phi) is 16.4. The van der Waals surface area contributed by atoms with Crippen molar-refractivity contribution in [1.29, 1.82) is 0 Å². The Morgan fingerprint density at radius 1 is 0.933 bits per heavy atom. The summed E-state index contributed by atoms with van der Waals surface area (Å²) in [4.78, 5) is 19.2. The van der Waals surface area contributed by atoms with E-state index in [9.17, 15) is 19.8 Å². The number of halogens is 2. The van der Waals surface area contributed by atoms with Gasteiger partial charge in [-0.15, -0.1) is 0 Å². The van der Waals surface area contributed by atoms with Gasteiger partial charge in [-0.1, -0.05) is 31.9 Å². The molecule has 0 heterocycles. The van der Waals surface area contributed by atoms with Crippen LogP contribution in [0.4, 0.5) is 0 Å². The minimum atomic E-state index is -1.17. The van der Waals surface area contributed by atoms with Gasteiger partial charge in [0.1, 0.15) is 0 Å². The van der Waals surface area contributed by atoms with Crippen LogP contribution in [-0.4, -0.2) is 11.9 Å². The molecule has 4 nitrogen and oxygen atoms in total. The smallest absolute Gasteiger partial charge is 0.545 e. The molecule has 0 aromatic carbocycles. The molecule has 0 radical (unpaired) electrons. The fourth-order valence-electron chi connectivity index (χ4n) is 0.325. The molecule has 7 heteroatoms. The van der Waals surface area contributed by atoms with E-state index in [1.807, 2.05) is 0 Å². The van der Waals surface area contributed by atoms with E-state index in [0.717, 1.165) is 12.2 Å². The normalized spacial score (nSPS) is 10.7. The quantitative estimate of drug-likeness (QED) is 0.491. The summed E-state index contributed by atoms with van der Waals surface area (Å²) in [6.07, 6.45) is 1.94. The van der Waals surface area contributed by atoms with Gasteiger partial charge >= 0.3 is 19.5 Å². The fourth-order valence-corrected chi connectivity index (χ4v) is 0.699. The van der Waals surface area contributed by atoms with Crippen LogP contribution in [0.15, 0.2) is 21.1 Å². The Morgan fingerprint density at radius 2 is 1.13 bits per heavy atom. The molecule has 0 N–H and O–H groups in total. The first-order valence-corrected chi connectivity index (χ1v) is 4.94. The molecule has 15 heavy (non-hydrogen) atoms. The molecular weight excluding hydrogens is 385 g/mol. The molecule has 0 aromatic rings. The monoisotopic (exact) mass is 390 g/mol. The topological polar surface area (TPSA) is 80.3 Å². The Hall–Kier alpha value is 0.00338. The van der Waals surface area contributed by atoms with Crippen LogP contribution in [0.25, 0.3) is 0 Å². The molecule has 0 aliphatic heterocycles. The average molecular weight is 393 g/mol. The van der Waals surface area contributed by atoms with Crippen molar-refractivity contribution in [3.05, 3.63) is 21.1 Å². The second kappa shape index (κ2) is 12.1. The number of aliphatic carboxylic acids is 2. The number of hydrogen-bond acceptors (Lipinski definition) is 4. The van der Waals surface area contributed by atoms with Crippen molar-refractivity contribution >= 4 is 43.8 Å². The van der Waals surface area contributed by atoms with Crippen molar-refractivity contribution in [3.63, 3.8) is 0 Å². The summed E-state index contributed by atoms with van der Waals surface area (Å²) in [7, 11) is 0. The minimum Gasteiger partial charge on any atom is -0.545 e. The summed E-state index contributed by atoms with van der Waals surface area (Å²) in [6.45, 7) is 3.24. The van der Waals surface area contributed by atoms with Gasteiger partial charge in [0.2, 0.25) is 0 Å². The zero-order chi connectivity index (χ0) is 11.7. The zero-order valence-electron chi connectivity index (χ0n) is 8.25. The molecule has 0 rings (SSSR count). The predicted molar refractivity (Wildman–Crippen MR) is 55.4 cm³/mol. The largest absolute Gasteiger partial charge is 2.00 e. The summed E-state index contributed by atoms with van der Waals surface area (Å²) in [5.41, 5.74) is 0. The van der Waals surface area contributed by atoms with E-state index in [1.54, 1.807) is 13.8 Å². The molecular formula is C8H8Br2O4Zn. The van der Waals surface area contributed by atoms with Gasteiger partial charge in [-0.25, -0.2) is 0 Å². The third-order valence-corrected chi connectivity index (χ3v) is 1.09. The molecule has 0 spiro atoms. The van der Waals surface area contributed by atoms with Crippen LogP contribution in [0.3, 0.4) is 0 Å². The van der Waals surface area contributed by atoms with Gasteiger partial charge in [-0.2, -0.15) is 0 Å². The number of carbonyl (C=O) groups is 2. The maximum Gasteiger partial charge on any atom is 2.00 e. The number of carboxylic acid groups (broad SMARTS) is 2. The van der Waals surface area contributed by atoms with E-state index >= 15 is 0 Å². The molecule has 0 aromatic heterocycles. The molecule has 0 unspecified atom stereocenters. The molecule has 0 amide bonds. The van der Waals surface area contributed by atoms with Crippen molar-refractivity contribution in [3.8, 4) is 0 Å². The third kappa shape index (κ3) is 31.5. The Balaban J connectivity index is -0.000000180. The van der Waals surface area contributed by atoms with Gasteiger partial charge < -0.3 is 19.8 Å². The fraction of sp³-hybridized carbons (Fsp3) is 0.250. The van der Waals surface area contributed by atoms with Crippen LogP contribution in [0.2, 0.25) is 0 Å². The number of rotatable bonds is 2. The second-order valence-corrected chi connectivity index (χ2v) is 4.60. The first kappa shape index (κ1) is 20.4. The van der Waals surface area contributed by atoms with Crippen molar-refractivity contribution in [2.45, 2.75) is 13.8 Å². The summed E-state index contributed by atoms with van der Waals surface area (Å²) in [6, 6.07) is 0. The Labute approximate surface area is 117 Å². The molecule has 0 atom stereocenters. The molecule has 0 aliphatic carbocycles. The van der Waals surface area contributed by atoms with Crippen LogP contribution in [0.1, 0.15) is 13.8 Å². The second-order valence-electron chi connectivity index (χ2n) is 2.10. The molecule has 0 fully saturated rings. The number of hydrogen-bond donors (Lipinski definition) is 0. The minimum absolute atomic E-state index is 0. The van der Waals surface area contributed by atoms with Gasteiger partial charge in [0.05, 0.1) is 11.9 Å². The van der Waals surface area contributed by atoms with E-state index in [4.69, 9.17) is 0 Å². The summed E-state index contributed by atoms with van der Waals surface area (Å²) >= 11 is 5.83. The van der Waals surface area contributed by atoms with E-state index < -0.39 is 11.9 Å². The standard InChI is InChI=1S/2C4H5BrO2.Zn/c2*1-3(5)2-4(6)7;/h2*2H,1H3,(H,6,7);/q;;+2/p-2/b2*3-2-;. The summed E-state index contributed by atoms with van der Waals surface area (Å²) in [5, 5.41) is 19.2. The van der Waals surface area contributed by atoms with Gasteiger partial charge in [0, 0.05) is 0 Å². The summed E-state index contributed by atoms with van der Waals surface area (Å²) < 4.78 is 1.13. The van der Waals surface area contributed by atoms with Gasteiger partial charge in [-0.3, -0.25) is 0 Å². The van der Waals surface area contributed by atoms with Crippen molar-refractivity contribution in [1.82, 2.24) is 0 Å². The summed E-state index contributed by atoms with van der Waals surface area (Å²) in [5.74, 6) is -2.34. The third-order valence-electron chi connectivity index (χ3n) is 0.633. The van der Waals surface area contributed by atoms with E-state index in [-0.39, 0.29) is 19.5 Å². The SMILES string of the molecule is C/C(Br)=C/C(=O)[O-].C/C(Br)=C/C(=O)[O-].[Zn+2]. The zero-order valence-corrected chi connectivity index (χ0v) is 14.4. The number of carboxylic acids is 2. The van der Waals surface area contributed by atoms with Gasteiger partial charge in [-0.05, 0) is 35.0 Å². The van der Waals surface area contributed by atoms with Crippen LogP contribution < -0.4 is 10.2 Å². The van der Waals surface area contributed by atoms with Crippen LogP contribution in [0, 0.1) is 0 Å². The maximum absolute atomic E-state index is 9.59. The van der Waals surface area contributed by atoms with E-state index in [1.165, 1.54) is 0 Å². The van der Waals surface area contributed by atoms with Gasteiger partial charge in [0.15, 0.2) is 0 Å². The van der Waals surface area contributed by atoms with E-state index in [2.05, 4.69) is 31.9 Å². The van der Waals surface area contributed by atoms with Gasteiger partial charge in [0.25, 0.3) is 0 Å². The Bertz CT molecular complexity index is 238. The van der Waals surface area contributed by atoms with Crippen molar-refractivity contribution in [2.24, 2.45) is 0 Å². The molecule has 0 saturated carbocycles. The maximum atomic E-state index is 9.59. The van der Waals surface area contributed by atoms with Crippen LogP contribution >= 0.6 is 31.9 Å². The van der Waals surface area contributed by atoms with Crippen molar-refractivity contribution in [2.75, 3.05) is 0 Å². The van der Waals surface area contributed by atoms with Crippen LogP contribution in [0.5, 0.6) is 0 Å². The molecule has 0 aliphatic rings. The molecule has 80 valence electrons. The molecule has 0 bridgehead atoms. The molecule has 0 saturated heterocycles. The first-order valence-electron chi connectivity index (χ1n) is 3.35. The van der Waals surface area contributed by atoms with Crippen LogP contribution in [-0.2, 0) is 29.1 Å². The predicted octanol–water partition coefficient (Wildman–Crippen LogP) is 0.0675. The first-order chi connectivity index (χ1) is 6.25. The average Bonchev–Trinajstić information content (AvgIpc) is 1.79. The van der Waals surface area contributed by atoms with Crippen molar-refractivity contribution < 1.29 is 39.3 Å². The number of allylic oxidation sites excluding steroid dienone is 2. The van der Waals surface area contributed by atoms with E-state index in [0.29, 0.717) is 8.96 Å². The number of carbonyl (C=O) groups excluding carboxylic acids is 2. The Morgan fingerprint density at radius 3 is 1.13 bits per heavy atom.